The van der Waals surface area contributed by atoms with Crippen LogP contribution in [0.4, 0.5) is 0 Å². The van der Waals surface area contributed by atoms with Crippen LogP contribution in [0.2, 0.25) is 5.02 Å². The van der Waals surface area contributed by atoms with Crippen molar-refractivity contribution in [2.75, 3.05) is 7.11 Å². The van der Waals surface area contributed by atoms with Gasteiger partial charge in [-0.3, -0.25) is 4.79 Å². The number of aryl methyl sites for hydroxylation is 1. The van der Waals surface area contributed by atoms with Crippen LogP contribution in [0.5, 0.6) is 11.5 Å². The molecule has 0 spiro atoms. The Balaban J connectivity index is 2.16. The molecule has 3 nitrogen and oxygen atoms in total. The monoisotopic (exact) mass is 290 g/mol. The van der Waals surface area contributed by atoms with E-state index in [0.29, 0.717) is 22.9 Å². The van der Waals surface area contributed by atoms with Gasteiger partial charge in [-0.25, -0.2) is 0 Å². The van der Waals surface area contributed by atoms with Gasteiger partial charge in [0.05, 0.1) is 12.1 Å². The van der Waals surface area contributed by atoms with Gasteiger partial charge in [0.1, 0.15) is 24.4 Å². The fourth-order valence-electron chi connectivity index (χ4n) is 1.88. The van der Waals surface area contributed by atoms with Crippen LogP contribution in [0, 0.1) is 6.92 Å². The molecule has 4 heteroatoms. The summed E-state index contributed by atoms with van der Waals surface area (Å²) in [5.74, 6) is 1.32. The average molecular weight is 291 g/mol. The van der Waals surface area contributed by atoms with Gasteiger partial charge < -0.3 is 9.47 Å². The van der Waals surface area contributed by atoms with Crippen molar-refractivity contribution < 1.29 is 14.3 Å². The molecule has 0 amide bonds. The largest absolute Gasteiger partial charge is 0.496 e. The minimum absolute atomic E-state index is 0.352. The summed E-state index contributed by atoms with van der Waals surface area (Å²) in [6.45, 7) is 2.36. The Morgan fingerprint density at radius 2 is 1.90 bits per heavy atom. The van der Waals surface area contributed by atoms with Crippen LogP contribution < -0.4 is 9.47 Å². The van der Waals surface area contributed by atoms with E-state index in [9.17, 15) is 4.79 Å². The molecule has 0 heterocycles. The van der Waals surface area contributed by atoms with Gasteiger partial charge in [0.15, 0.2) is 0 Å². The van der Waals surface area contributed by atoms with Gasteiger partial charge in [-0.1, -0.05) is 23.2 Å². The zero-order valence-corrected chi connectivity index (χ0v) is 12.1. The molecule has 2 rings (SSSR count). The highest BCUT2D eigenvalue weighted by molar-refractivity contribution is 6.32. The van der Waals surface area contributed by atoms with Gasteiger partial charge in [0.2, 0.25) is 0 Å². The first-order valence-corrected chi connectivity index (χ1v) is 6.53. The Kier molecular flexibility index (Phi) is 4.64. The third kappa shape index (κ3) is 3.31. The summed E-state index contributed by atoms with van der Waals surface area (Å²) >= 11 is 6.06. The van der Waals surface area contributed by atoms with E-state index in [1.807, 2.05) is 25.1 Å². The first-order chi connectivity index (χ1) is 9.63. The average Bonchev–Trinajstić information content (AvgIpc) is 2.46. The van der Waals surface area contributed by atoms with Crippen molar-refractivity contribution in [1.82, 2.24) is 0 Å². The van der Waals surface area contributed by atoms with Crippen LogP contribution in [0.3, 0.4) is 0 Å². The molecule has 0 radical (unpaired) electrons. The first kappa shape index (κ1) is 14.4. The van der Waals surface area contributed by atoms with Gasteiger partial charge in [0.25, 0.3) is 0 Å². The van der Waals surface area contributed by atoms with Gasteiger partial charge in [-0.15, -0.1) is 0 Å². The van der Waals surface area contributed by atoms with Crippen molar-refractivity contribution >= 4 is 17.9 Å². The minimum Gasteiger partial charge on any atom is -0.496 e. The number of hydrogen-bond donors (Lipinski definition) is 0. The lowest BCUT2D eigenvalue weighted by Crippen LogP contribution is -2.00. The van der Waals surface area contributed by atoms with E-state index < -0.39 is 0 Å². The maximum atomic E-state index is 10.7. The molecule has 0 aliphatic rings. The molecule has 0 aliphatic carbocycles. The molecule has 0 N–H and O–H groups in total. The standard InChI is InChI=1S/C16H15ClO3/c1-11-3-5-15(19-2)13(7-11)10-20-16-6-4-12(9-18)8-14(16)17/h3-9H,10H2,1-2H3. The number of halogens is 1. The van der Waals surface area contributed by atoms with Crippen LogP contribution in [0.25, 0.3) is 0 Å². The summed E-state index contributed by atoms with van der Waals surface area (Å²) in [5, 5.41) is 0.418. The van der Waals surface area contributed by atoms with Crippen molar-refractivity contribution in [3.8, 4) is 11.5 Å². The molecule has 0 saturated heterocycles. The summed E-state index contributed by atoms with van der Waals surface area (Å²) in [5.41, 5.74) is 2.60. The molecular weight excluding hydrogens is 276 g/mol. The van der Waals surface area contributed by atoms with Crippen LogP contribution in [-0.4, -0.2) is 13.4 Å². The van der Waals surface area contributed by atoms with E-state index in [0.717, 1.165) is 23.2 Å². The van der Waals surface area contributed by atoms with Crippen molar-refractivity contribution in [2.24, 2.45) is 0 Å². The normalized spacial score (nSPS) is 10.2. The topological polar surface area (TPSA) is 35.5 Å². The lowest BCUT2D eigenvalue weighted by atomic mass is 10.1. The molecule has 0 aliphatic heterocycles. The minimum atomic E-state index is 0.352. The van der Waals surface area contributed by atoms with Crippen molar-refractivity contribution in [3.05, 3.63) is 58.1 Å². The van der Waals surface area contributed by atoms with E-state index in [1.165, 1.54) is 0 Å². The molecule has 0 bridgehead atoms. The first-order valence-electron chi connectivity index (χ1n) is 6.15. The van der Waals surface area contributed by atoms with E-state index in [1.54, 1.807) is 25.3 Å². The number of carbonyl (C=O) groups is 1. The predicted octanol–water partition coefficient (Wildman–Crippen LogP) is 4.05. The highest BCUT2D eigenvalue weighted by atomic mass is 35.5. The second-order valence-electron chi connectivity index (χ2n) is 4.41. The summed E-state index contributed by atoms with van der Waals surface area (Å²) < 4.78 is 11.0. The number of benzene rings is 2. The molecule has 0 aromatic heterocycles. The lowest BCUT2D eigenvalue weighted by molar-refractivity contribution is 0.112. The van der Waals surface area contributed by atoms with E-state index >= 15 is 0 Å². The zero-order chi connectivity index (χ0) is 14.5. The molecule has 20 heavy (non-hydrogen) atoms. The number of carbonyl (C=O) groups excluding carboxylic acids is 1. The van der Waals surface area contributed by atoms with Crippen LogP contribution >= 0.6 is 11.6 Å². The second-order valence-corrected chi connectivity index (χ2v) is 4.82. The fourth-order valence-corrected chi connectivity index (χ4v) is 2.13. The smallest absolute Gasteiger partial charge is 0.150 e. The van der Waals surface area contributed by atoms with Gasteiger partial charge in [-0.2, -0.15) is 0 Å². The fraction of sp³-hybridized carbons (Fsp3) is 0.188. The van der Waals surface area contributed by atoms with E-state index in [2.05, 4.69) is 0 Å². The Morgan fingerprint density at radius 1 is 1.15 bits per heavy atom. The molecule has 0 saturated carbocycles. The third-order valence-corrected chi connectivity index (χ3v) is 3.21. The maximum Gasteiger partial charge on any atom is 0.150 e. The van der Waals surface area contributed by atoms with Gasteiger partial charge in [0, 0.05) is 11.1 Å². The highest BCUT2D eigenvalue weighted by Crippen LogP contribution is 2.27. The highest BCUT2D eigenvalue weighted by Gasteiger charge is 2.07. The molecule has 0 fully saturated rings. The molecule has 2 aromatic rings. The van der Waals surface area contributed by atoms with E-state index in [4.69, 9.17) is 21.1 Å². The van der Waals surface area contributed by atoms with Crippen LogP contribution in [-0.2, 0) is 6.61 Å². The zero-order valence-electron chi connectivity index (χ0n) is 11.4. The Morgan fingerprint density at radius 3 is 2.55 bits per heavy atom. The second kappa shape index (κ2) is 6.44. The lowest BCUT2D eigenvalue weighted by Gasteiger charge is -2.12. The molecule has 2 aromatic carbocycles. The van der Waals surface area contributed by atoms with E-state index in [-0.39, 0.29) is 0 Å². The van der Waals surface area contributed by atoms with Crippen LogP contribution in [0.1, 0.15) is 21.5 Å². The maximum absolute atomic E-state index is 10.7. The van der Waals surface area contributed by atoms with Gasteiger partial charge >= 0.3 is 0 Å². The number of ether oxygens (including phenoxy) is 2. The van der Waals surface area contributed by atoms with Crippen molar-refractivity contribution in [1.29, 1.82) is 0 Å². The Labute approximate surface area is 123 Å². The number of aldehydes is 1. The summed E-state index contributed by atoms with van der Waals surface area (Å²) in [4.78, 5) is 10.7. The third-order valence-electron chi connectivity index (χ3n) is 2.91. The number of methoxy groups -OCH3 is 1. The summed E-state index contributed by atoms with van der Waals surface area (Å²) in [6, 6.07) is 10.8. The molecule has 0 atom stereocenters. The van der Waals surface area contributed by atoms with Crippen molar-refractivity contribution in [3.63, 3.8) is 0 Å². The quantitative estimate of drug-likeness (QED) is 0.779. The SMILES string of the molecule is COc1ccc(C)cc1COc1ccc(C=O)cc1Cl. The van der Waals surface area contributed by atoms with Crippen LogP contribution in [0.15, 0.2) is 36.4 Å². The summed E-state index contributed by atoms with van der Waals surface area (Å²) in [7, 11) is 1.63. The molecule has 0 unspecified atom stereocenters. The molecular formula is C16H15ClO3. The van der Waals surface area contributed by atoms with Gasteiger partial charge in [-0.05, 0) is 37.3 Å². The Bertz CT molecular complexity index is 623. The number of hydrogen-bond acceptors (Lipinski definition) is 3. The number of rotatable bonds is 5. The molecule has 104 valence electrons. The summed E-state index contributed by atoms with van der Waals surface area (Å²) in [6.07, 6.45) is 0.749. The van der Waals surface area contributed by atoms with Crippen molar-refractivity contribution in [2.45, 2.75) is 13.5 Å². The predicted molar refractivity (Wildman–Crippen MR) is 78.9 cm³/mol. The Hall–Kier alpha value is -2.00.